The molecule has 0 saturated heterocycles. The van der Waals surface area contributed by atoms with Gasteiger partial charge in [-0.3, -0.25) is 9.59 Å². The van der Waals surface area contributed by atoms with Crippen LogP contribution in [0.3, 0.4) is 0 Å². The van der Waals surface area contributed by atoms with Crippen LogP contribution in [0.2, 0.25) is 0 Å². The number of aliphatic carboxylic acids is 1. The molecule has 4 heteroatoms. The molecule has 0 radical (unpaired) electrons. The number of ether oxygens (including phenoxy) is 1. The molecule has 1 N–H and O–H groups in total. The van der Waals surface area contributed by atoms with Crippen LogP contribution in [0.4, 0.5) is 0 Å². The molecule has 4 fully saturated rings. The summed E-state index contributed by atoms with van der Waals surface area (Å²) in [5.74, 6) is 0.944. The first-order valence-electron chi connectivity index (χ1n) is 15.1. The lowest BCUT2D eigenvalue weighted by molar-refractivity contribution is -0.254. The molecule has 5 aliphatic rings. The van der Waals surface area contributed by atoms with Crippen molar-refractivity contribution in [3.8, 4) is 0 Å². The van der Waals surface area contributed by atoms with E-state index in [1.807, 2.05) is 0 Å². The number of fused-ring (bicyclic) bond motifs is 7. The van der Waals surface area contributed by atoms with Gasteiger partial charge in [-0.25, -0.2) is 0 Å². The van der Waals surface area contributed by atoms with Crippen LogP contribution in [0, 0.1) is 56.2 Å². The van der Waals surface area contributed by atoms with E-state index in [1.165, 1.54) is 5.57 Å². The summed E-state index contributed by atoms with van der Waals surface area (Å²) in [5.41, 5.74) is 1.19. The molecule has 10 unspecified atom stereocenters. The molecule has 0 spiro atoms. The van der Waals surface area contributed by atoms with E-state index in [9.17, 15) is 14.7 Å². The molecule has 4 nitrogen and oxygen atoms in total. The Morgan fingerprint density at radius 2 is 1.57 bits per heavy atom. The van der Waals surface area contributed by atoms with Gasteiger partial charge in [-0.1, -0.05) is 67.0 Å². The summed E-state index contributed by atoms with van der Waals surface area (Å²) in [6, 6.07) is 0. The predicted octanol–water partition coefficient (Wildman–Crippen LogP) is 8.05. The fraction of sp³-hybridized carbons (Fsp3) is 0.879. The van der Waals surface area contributed by atoms with Gasteiger partial charge in [-0.05, 0) is 103 Å². The molecule has 0 amide bonds. The van der Waals surface area contributed by atoms with Crippen molar-refractivity contribution in [3.05, 3.63) is 11.6 Å². The normalized spacial score (nSPS) is 52.5. The van der Waals surface area contributed by atoms with Crippen LogP contribution >= 0.6 is 0 Å². The van der Waals surface area contributed by atoms with Crippen LogP contribution < -0.4 is 0 Å². The van der Waals surface area contributed by atoms with Gasteiger partial charge in [-0.2, -0.15) is 0 Å². The Morgan fingerprint density at radius 3 is 2.19 bits per heavy atom. The first-order chi connectivity index (χ1) is 17.0. The number of rotatable bonds is 2. The number of esters is 1. The third kappa shape index (κ3) is 3.14. The predicted molar refractivity (Wildman–Crippen MR) is 147 cm³/mol. The molecular formula is C33H52O4. The molecule has 5 rings (SSSR count). The summed E-state index contributed by atoms with van der Waals surface area (Å²) in [6.07, 6.45) is 11.5. The first kappa shape index (κ1) is 27.3. The zero-order chi connectivity index (χ0) is 27.4. The molecule has 0 heterocycles. The average molecular weight is 513 g/mol. The van der Waals surface area contributed by atoms with E-state index >= 15 is 0 Å². The molecule has 208 valence electrons. The summed E-state index contributed by atoms with van der Waals surface area (Å²) < 4.78 is 5.94. The van der Waals surface area contributed by atoms with Crippen molar-refractivity contribution in [1.29, 1.82) is 0 Å². The summed E-state index contributed by atoms with van der Waals surface area (Å²) in [7, 11) is 0. The summed E-state index contributed by atoms with van der Waals surface area (Å²) >= 11 is 0. The molecule has 0 aromatic carbocycles. The molecule has 4 saturated carbocycles. The van der Waals surface area contributed by atoms with Crippen molar-refractivity contribution in [1.82, 2.24) is 0 Å². The second kappa shape index (κ2) is 8.10. The average Bonchev–Trinajstić information content (AvgIpc) is 2.81. The van der Waals surface area contributed by atoms with Crippen molar-refractivity contribution in [3.63, 3.8) is 0 Å². The minimum atomic E-state index is -0.586. The Morgan fingerprint density at radius 1 is 0.892 bits per heavy atom. The fourth-order valence-corrected chi connectivity index (χ4v) is 11.4. The molecule has 5 aliphatic carbocycles. The Labute approximate surface area is 225 Å². The maximum atomic E-state index is 12.9. The number of hydrogen-bond donors (Lipinski definition) is 1. The van der Waals surface area contributed by atoms with Crippen molar-refractivity contribution in [2.75, 3.05) is 0 Å². The number of carboxylic acids is 1. The highest BCUT2D eigenvalue weighted by Gasteiger charge is 2.72. The summed E-state index contributed by atoms with van der Waals surface area (Å²) in [4.78, 5) is 24.9. The largest absolute Gasteiger partial charge is 0.481 e. The van der Waals surface area contributed by atoms with Gasteiger partial charge < -0.3 is 9.84 Å². The molecule has 37 heavy (non-hydrogen) atoms. The minimum absolute atomic E-state index is 0.0338. The molecule has 0 aliphatic heterocycles. The molecule has 0 bridgehead atoms. The van der Waals surface area contributed by atoms with E-state index in [2.05, 4.69) is 61.5 Å². The van der Waals surface area contributed by atoms with Gasteiger partial charge in [0, 0.05) is 12.3 Å². The highest BCUT2D eigenvalue weighted by Crippen LogP contribution is 2.78. The van der Waals surface area contributed by atoms with Gasteiger partial charge in [0.15, 0.2) is 0 Å². The minimum Gasteiger partial charge on any atom is -0.481 e. The van der Waals surface area contributed by atoms with Crippen molar-refractivity contribution in [2.24, 2.45) is 56.2 Å². The Bertz CT molecular complexity index is 1030. The second-order valence-corrected chi connectivity index (χ2v) is 15.6. The lowest BCUT2D eigenvalue weighted by atomic mass is 9.30. The summed E-state index contributed by atoms with van der Waals surface area (Å²) in [5, 5.41) is 10.6. The molecular weight excluding hydrogens is 460 g/mol. The van der Waals surface area contributed by atoms with Gasteiger partial charge in [-0.15, -0.1) is 0 Å². The van der Waals surface area contributed by atoms with Gasteiger partial charge in [0.2, 0.25) is 0 Å². The maximum Gasteiger partial charge on any atom is 0.310 e. The third-order valence-corrected chi connectivity index (χ3v) is 14.8. The lowest BCUT2D eigenvalue weighted by Crippen LogP contribution is -2.69. The van der Waals surface area contributed by atoms with Crippen LogP contribution in [0.5, 0.6) is 0 Å². The Balaban J connectivity index is 1.60. The monoisotopic (exact) mass is 512 g/mol. The van der Waals surface area contributed by atoms with Gasteiger partial charge >= 0.3 is 11.9 Å². The topological polar surface area (TPSA) is 63.6 Å². The van der Waals surface area contributed by atoms with Crippen molar-refractivity contribution in [2.45, 2.75) is 126 Å². The first-order valence-corrected chi connectivity index (χ1v) is 15.1. The van der Waals surface area contributed by atoms with E-state index in [0.717, 1.165) is 57.8 Å². The van der Waals surface area contributed by atoms with Crippen LogP contribution in [-0.2, 0) is 14.3 Å². The third-order valence-electron chi connectivity index (χ3n) is 14.8. The number of carbonyl (C=O) groups excluding carboxylic acids is 1. The van der Waals surface area contributed by atoms with Crippen molar-refractivity contribution < 1.29 is 19.4 Å². The standard InChI is InChI=1S/C33H52O4/c1-20-12-15-33(27(35)36)19-17-29(6)23(26(33)21(20)2)10-11-24-30(29,7)16-18-32(9)28(4,5)25(37-22(3)34)13-14-31(24,32)8/h10,20-21,24-26H,11-19H2,1-9H3,(H,35,36). The quantitative estimate of drug-likeness (QED) is 0.300. The van der Waals surface area contributed by atoms with Crippen LogP contribution in [0.15, 0.2) is 11.6 Å². The van der Waals surface area contributed by atoms with E-state index in [1.54, 1.807) is 6.92 Å². The highest BCUT2D eigenvalue weighted by atomic mass is 16.5. The molecule has 10 atom stereocenters. The Hall–Kier alpha value is -1.32. The van der Waals surface area contributed by atoms with Gasteiger partial charge in [0.25, 0.3) is 0 Å². The van der Waals surface area contributed by atoms with E-state index in [4.69, 9.17) is 4.74 Å². The van der Waals surface area contributed by atoms with Gasteiger partial charge in [0.1, 0.15) is 6.10 Å². The van der Waals surface area contributed by atoms with Gasteiger partial charge in [0.05, 0.1) is 5.41 Å². The van der Waals surface area contributed by atoms with Crippen LogP contribution in [0.25, 0.3) is 0 Å². The fourth-order valence-electron chi connectivity index (χ4n) is 11.4. The van der Waals surface area contributed by atoms with Crippen LogP contribution in [-0.4, -0.2) is 23.1 Å². The zero-order valence-electron chi connectivity index (χ0n) is 25.0. The number of hydrogen-bond acceptors (Lipinski definition) is 3. The Kier molecular flexibility index (Phi) is 5.97. The van der Waals surface area contributed by atoms with Crippen LogP contribution in [0.1, 0.15) is 120 Å². The lowest BCUT2D eigenvalue weighted by Gasteiger charge is -2.74. The van der Waals surface area contributed by atoms with E-state index in [0.29, 0.717) is 17.8 Å². The SMILES string of the molecule is CC(=O)OC1CCC2(C)C3CC=C4C5C(C)C(C)CCC5(C(=O)O)CCC4(C)C3(C)CCC2(C)C1(C)C. The highest BCUT2D eigenvalue weighted by molar-refractivity contribution is 5.76. The summed E-state index contributed by atoms with van der Waals surface area (Å²) in [6.45, 7) is 21.1. The number of carbonyl (C=O) groups is 2. The number of carboxylic acid groups (broad SMARTS) is 1. The van der Waals surface area contributed by atoms with E-state index < -0.39 is 11.4 Å². The van der Waals surface area contributed by atoms with Crippen molar-refractivity contribution >= 4 is 11.9 Å². The molecule has 0 aromatic rings. The van der Waals surface area contributed by atoms with E-state index in [-0.39, 0.29) is 45.1 Å². The molecule has 0 aromatic heterocycles. The maximum absolute atomic E-state index is 12.9. The number of allylic oxidation sites excluding steroid dienone is 2. The smallest absolute Gasteiger partial charge is 0.310 e. The zero-order valence-corrected chi connectivity index (χ0v) is 25.0. The second-order valence-electron chi connectivity index (χ2n) is 15.6.